The van der Waals surface area contributed by atoms with E-state index in [9.17, 15) is 0 Å². The van der Waals surface area contributed by atoms with Gasteiger partial charge in [-0.25, -0.2) is 0 Å². The molecule has 1 aliphatic heterocycles. The average Bonchev–Trinajstić information content (AvgIpc) is 2.78. The number of fused-ring (bicyclic) bond motifs is 1. The van der Waals surface area contributed by atoms with Crippen molar-refractivity contribution in [2.45, 2.75) is 18.9 Å². The van der Waals surface area contributed by atoms with E-state index < -0.39 is 0 Å². The van der Waals surface area contributed by atoms with Gasteiger partial charge in [-0.05, 0) is 0 Å². The zero-order chi connectivity index (χ0) is 11.7. The van der Waals surface area contributed by atoms with Crippen molar-refractivity contribution in [3.8, 4) is 5.88 Å². The van der Waals surface area contributed by atoms with Crippen molar-refractivity contribution in [1.82, 2.24) is 20.2 Å². The molecule has 3 rings (SSSR count). The van der Waals surface area contributed by atoms with Crippen molar-refractivity contribution < 1.29 is 9.47 Å². The van der Waals surface area contributed by atoms with E-state index in [4.69, 9.17) is 15.2 Å². The molecule has 0 saturated carbocycles. The van der Waals surface area contributed by atoms with Crippen LogP contribution in [0.5, 0.6) is 5.88 Å². The Balaban J connectivity index is 1.90. The van der Waals surface area contributed by atoms with Crippen LogP contribution in [-0.2, 0) is 4.74 Å². The molecule has 0 spiro atoms. The highest BCUT2D eigenvalue weighted by molar-refractivity contribution is 5.80. The number of H-pyrrole nitrogens is 1. The van der Waals surface area contributed by atoms with Crippen molar-refractivity contribution in [3.05, 3.63) is 6.20 Å². The van der Waals surface area contributed by atoms with Gasteiger partial charge in [0.1, 0.15) is 11.5 Å². The second-order valence-electron chi connectivity index (χ2n) is 3.95. The van der Waals surface area contributed by atoms with Crippen LogP contribution < -0.4 is 10.5 Å². The summed E-state index contributed by atoms with van der Waals surface area (Å²) in [4.78, 5) is 8.14. The third-order valence-electron chi connectivity index (χ3n) is 2.74. The van der Waals surface area contributed by atoms with E-state index in [1.165, 1.54) is 0 Å². The van der Waals surface area contributed by atoms with Crippen LogP contribution in [0.15, 0.2) is 6.20 Å². The molecule has 0 aliphatic carbocycles. The van der Waals surface area contributed by atoms with Gasteiger partial charge in [0.25, 0.3) is 0 Å². The molecule has 1 saturated heterocycles. The monoisotopic (exact) mass is 235 g/mol. The van der Waals surface area contributed by atoms with Gasteiger partial charge in [0.2, 0.25) is 11.8 Å². The molecular formula is C10H13N5O2. The molecule has 2 aromatic rings. The molecule has 2 aromatic heterocycles. The van der Waals surface area contributed by atoms with Gasteiger partial charge in [-0.3, -0.25) is 5.10 Å². The lowest BCUT2D eigenvalue weighted by atomic mass is 10.1. The van der Waals surface area contributed by atoms with E-state index in [-0.39, 0.29) is 12.1 Å². The summed E-state index contributed by atoms with van der Waals surface area (Å²) in [6.45, 7) is 1.44. The maximum atomic E-state index is 5.84. The first-order valence-corrected chi connectivity index (χ1v) is 5.54. The molecule has 1 fully saturated rings. The van der Waals surface area contributed by atoms with Gasteiger partial charge in [-0.2, -0.15) is 15.1 Å². The lowest BCUT2D eigenvalue weighted by Gasteiger charge is -2.22. The van der Waals surface area contributed by atoms with Crippen LogP contribution in [0.3, 0.4) is 0 Å². The molecule has 1 aliphatic rings. The van der Waals surface area contributed by atoms with Gasteiger partial charge in [-0.15, -0.1) is 0 Å². The second-order valence-corrected chi connectivity index (χ2v) is 3.95. The third kappa shape index (κ3) is 2.01. The zero-order valence-corrected chi connectivity index (χ0v) is 9.22. The number of nitrogens with zero attached hydrogens (tertiary/aromatic N) is 3. The Kier molecular flexibility index (Phi) is 2.52. The first-order chi connectivity index (χ1) is 8.33. The van der Waals surface area contributed by atoms with E-state index in [0.717, 1.165) is 31.4 Å². The fourth-order valence-electron chi connectivity index (χ4n) is 1.87. The summed E-state index contributed by atoms with van der Waals surface area (Å²) in [6, 6.07) is 0. The van der Waals surface area contributed by atoms with Crippen LogP contribution in [0.25, 0.3) is 11.0 Å². The Morgan fingerprint density at radius 2 is 2.18 bits per heavy atom. The fourth-order valence-corrected chi connectivity index (χ4v) is 1.87. The van der Waals surface area contributed by atoms with Gasteiger partial charge in [-0.1, -0.05) is 0 Å². The Bertz CT molecular complexity index is 520. The summed E-state index contributed by atoms with van der Waals surface area (Å²) in [7, 11) is 0. The Morgan fingerprint density at radius 1 is 1.35 bits per heavy atom. The fraction of sp³-hybridized carbons (Fsp3) is 0.500. The predicted molar refractivity (Wildman–Crippen MR) is 60.6 cm³/mol. The van der Waals surface area contributed by atoms with Crippen LogP contribution >= 0.6 is 0 Å². The lowest BCUT2D eigenvalue weighted by molar-refractivity contribution is 0.0244. The normalized spacial score (nSPS) is 17.4. The highest BCUT2D eigenvalue weighted by atomic mass is 16.5. The maximum Gasteiger partial charge on any atom is 0.229 e. The van der Waals surface area contributed by atoms with E-state index in [1.807, 2.05) is 0 Å². The maximum absolute atomic E-state index is 5.84. The van der Waals surface area contributed by atoms with Gasteiger partial charge in [0.05, 0.1) is 19.4 Å². The lowest BCUT2D eigenvalue weighted by Crippen LogP contribution is -2.26. The number of aromatic amines is 1. The summed E-state index contributed by atoms with van der Waals surface area (Å²) in [5, 5.41) is 7.42. The van der Waals surface area contributed by atoms with Crippen molar-refractivity contribution in [2.75, 3.05) is 18.9 Å². The number of nitrogens with one attached hydrogen (secondary N) is 1. The molecule has 0 aromatic carbocycles. The molecule has 3 N–H and O–H groups in total. The Hall–Kier alpha value is -1.89. The molecule has 7 heteroatoms. The largest absolute Gasteiger partial charge is 0.474 e. The summed E-state index contributed by atoms with van der Waals surface area (Å²) >= 11 is 0. The molecular weight excluding hydrogens is 222 g/mol. The molecule has 0 amide bonds. The van der Waals surface area contributed by atoms with Crippen molar-refractivity contribution in [2.24, 2.45) is 0 Å². The summed E-state index contributed by atoms with van der Waals surface area (Å²) in [5.74, 6) is 0.678. The predicted octanol–water partition coefficient (Wildman–Crippen LogP) is 0.493. The standard InChI is InChI=1S/C10H13N5O2/c11-10-13-8-7(5-12-15-8)9(14-10)17-6-1-3-16-4-2-6/h5-6H,1-4H2,(H3,11,12,13,14,15). The Morgan fingerprint density at radius 3 is 3.00 bits per heavy atom. The number of hydrogen-bond donors (Lipinski definition) is 2. The van der Waals surface area contributed by atoms with E-state index in [0.29, 0.717) is 11.5 Å². The van der Waals surface area contributed by atoms with Crippen LogP contribution in [0.1, 0.15) is 12.8 Å². The van der Waals surface area contributed by atoms with Gasteiger partial charge in [0, 0.05) is 12.8 Å². The molecule has 0 bridgehead atoms. The number of rotatable bonds is 2. The third-order valence-corrected chi connectivity index (χ3v) is 2.74. The van der Waals surface area contributed by atoms with Gasteiger partial charge >= 0.3 is 0 Å². The molecule has 3 heterocycles. The number of nitrogens with two attached hydrogens (primary N) is 1. The Labute approximate surface area is 97.3 Å². The molecule has 0 radical (unpaired) electrons. The van der Waals surface area contributed by atoms with Crippen LogP contribution in [0, 0.1) is 0 Å². The van der Waals surface area contributed by atoms with Crippen molar-refractivity contribution in [1.29, 1.82) is 0 Å². The van der Waals surface area contributed by atoms with Crippen molar-refractivity contribution in [3.63, 3.8) is 0 Å². The summed E-state index contributed by atoms with van der Waals surface area (Å²) in [5.41, 5.74) is 6.21. The van der Waals surface area contributed by atoms with E-state index >= 15 is 0 Å². The first-order valence-electron chi connectivity index (χ1n) is 5.54. The molecule has 0 atom stereocenters. The second kappa shape index (κ2) is 4.17. The summed E-state index contributed by atoms with van der Waals surface area (Å²) in [6.07, 6.45) is 3.49. The van der Waals surface area contributed by atoms with Crippen LogP contribution in [-0.4, -0.2) is 39.5 Å². The average molecular weight is 235 g/mol. The van der Waals surface area contributed by atoms with E-state index in [2.05, 4.69) is 20.2 Å². The van der Waals surface area contributed by atoms with Crippen LogP contribution in [0.4, 0.5) is 5.95 Å². The molecule has 90 valence electrons. The van der Waals surface area contributed by atoms with Gasteiger partial charge < -0.3 is 15.2 Å². The van der Waals surface area contributed by atoms with Crippen molar-refractivity contribution >= 4 is 17.0 Å². The number of hydrogen-bond acceptors (Lipinski definition) is 6. The minimum absolute atomic E-state index is 0.121. The van der Waals surface area contributed by atoms with E-state index in [1.54, 1.807) is 6.20 Å². The van der Waals surface area contributed by atoms with Crippen LogP contribution in [0.2, 0.25) is 0 Å². The SMILES string of the molecule is Nc1nc(OC2CCOCC2)c2cn[nH]c2n1. The topological polar surface area (TPSA) is 98.9 Å². The first kappa shape index (κ1) is 10.3. The molecule has 0 unspecified atom stereocenters. The highest BCUT2D eigenvalue weighted by Crippen LogP contribution is 2.24. The zero-order valence-electron chi connectivity index (χ0n) is 9.22. The quantitative estimate of drug-likeness (QED) is 0.786. The molecule has 7 nitrogen and oxygen atoms in total. The minimum Gasteiger partial charge on any atom is -0.474 e. The minimum atomic E-state index is 0.121. The number of nitrogen functional groups attached to an aromatic ring is 1. The number of ether oxygens (including phenoxy) is 2. The number of anilines is 1. The number of aromatic nitrogens is 4. The van der Waals surface area contributed by atoms with Gasteiger partial charge in [0.15, 0.2) is 5.65 Å². The summed E-state index contributed by atoms with van der Waals surface area (Å²) < 4.78 is 11.1. The smallest absolute Gasteiger partial charge is 0.229 e. The molecule has 17 heavy (non-hydrogen) atoms. The highest BCUT2D eigenvalue weighted by Gasteiger charge is 2.18.